The largest absolute Gasteiger partial charge is 0.394 e. The maximum Gasteiger partial charge on any atom is 0.272 e. The lowest BCUT2D eigenvalue weighted by Crippen LogP contribution is -2.21. The molecule has 6 N–H and O–H groups in total. The summed E-state index contributed by atoms with van der Waals surface area (Å²) in [7, 11) is 1.78. The van der Waals surface area contributed by atoms with Gasteiger partial charge in [-0.2, -0.15) is 0 Å². The summed E-state index contributed by atoms with van der Waals surface area (Å²) in [5.41, 5.74) is 11.6. The standard InChI is InChI=1S/C16H16FN5O2S2/c1-22(10-4-2-9(17)3-5-10)26-13-8-11(14(20)23)16(25-13)21-15(24)12(19)6-7-18/h2-8,18H,19H2,1H3,(H2,20,23)(H,21,24). The molecule has 0 radical (unpaired) electrons. The molecule has 0 bridgehead atoms. The minimum Gasteiger partial charge on any atom is -0.394 e. The SMILES string of the molecule is CN(Sc1cc(C(N)=O)c(NC(=O)C(N)=CC=N)s1)c1ccc(F)cc1. The molecule has 0 aliphatic heterocycles. The topological polar surface area (TPSA) is 125 Å². The van der Waals surface area contributed by atoms with Crippen LogP contribution in [0.3, 0.4) is 0 Å². The predicted molar refractivity (Wildman–Crippen MR) is 103 cm³/mol. The highest BCUT2D eigenvalue weighted by Crippen LogP contribution is 2.37. The maximum absolute atomic E-state index is 13.0. The zero-order valence-electron chi connectivity index (χ0n) is 13.7. The molecule has 10 heteroatoms. The zero-order valence-corrected chi connectivity index (χ0v) is 15.3. The van der Waals surface area contributed by atoms with Crippen molar-refractivity contribution in [1.82, 2.24) is 0 Å². The third-order valence-corrected chi connectivity index (χ3v) is 5.25. The first-order chi connectivity index (χ1) is 12.3. The Morgan fingerprint density at radius 1 is 1.31 bits per heavy atom. The van der Waals surface area contributed by atoms with Crippen LogP contribution in [0.1, 0.15) is 10.4 Å². The van der Waals surface area contributed by atoms with Gasteiger partial charge in [-0.3, -0.25) is 9.59 Å². The van der Waals surface area contributed by atoms with Crippen molar-refractivity contribution in [2.75, 3.05) is 16.7 Å². The van der Waals surface area contributed by atoms with Gasteiger partial charge in [0.05, 0.1) is 15.5 Å². The van der Waals surface area contributed by atoms with Gasteiger partial charge in [-0.25, -0.2) is 4.39 Å². The first kappa shape index (κ1) is 19.5. The van der Waals surface area contributed by atoms with Crippen LogP contribution in [-0.4, -0.2) is 25.1 Å². The number of halogens is 1. The number of nitrogens with zero attached hydrogens (tertiary/aromatic N) is 1. The molecule has 0 unspecified atom stereocenters. The van der Waals surface area contributed by atoms with E-state index in [2.05, 4.69) is 5.32 Å². The molecule has 1 aromatic heterocycles. The van der Waals surface area contributed by atoms with Gasteiger partial charge >= 0.3 is 0 Å². The second kappa shape index (κ2) is 8.50. The molecule has 1 heterocycles. The molecule has 0 saturated heterocycles. The highest BCUT2D eigenvalue weighted by Gasteiger charge is 2.18. The summed E-state index contributed by atoms with van der Waals surface area (Å²) < 4.78 is 15.5. The number of amides is 2. The Bertz CT molecular complexity index is 864. The summed E-state index contributed by atoms with van der Waals surface area (Å²) in [6, 6.07) is 7.50. The summed E-state index contributed by atoms with van der Waals surface area (Å²) >= 11 is 2.44. The number of allylic oxidation sites excluding steroid dienone is 1. The fraction of sp³-hybridized carbons (Fsp3) is 0.0625. The predicted octanol–water partition coefficient (Wildman–Crippen LogP) is 2.56. The van der Waals surface area contributed by atoms with Crippen molar-refractivity contribution < 1.29 is 14.0 Å². The van der Waals surface area contributed by atoms with Crippen LogP contribution in [0.2, 0.25) is 0 Å². The molecule has 0 atom stereocenters. The Hall–Kier alpha value is -2.85. The van der Waals surface area contributed by atoms with E-state index in [-0.39, 0.29) is 22.1 Å². The van der Waals surface area contributed by atoms with Crippen LogP contribution in [0.4, 0.5) is 15.1 Å². The number of rotatable bonds is 7. The lowest BCUT2D eigenvalue weighted by atomic mass is 10.3. The van der Waals surface area contributed by atoms with Crippen molar-refractivity contribution in [3.63, 3.8) is 0 Å². The van der Waals surface area contributed by atoms with E-state index < -0.39 is 11.8 Å². The molecule has 0 spiro atoms. The number of carbonyl (C=O) groups is 2. The Balaban J connectivity index is 2.21. The van der Waals surface area contributed by atoms with Crippen molar-refractivity contribution in [3.8, 4) is 0 Å². The van der Waals surface area contributed by atoms with Gasteiger partial charge < -0.3 is 26.5 Å². The molecule has 2 aromatic rings. The van der Waals surface area contributed by atoms with Crippen LogP contribution in [0.5, 0.6) is 0 Å². The van der Waals surface area contributed by atoms with E-state index in [0.717, 1.165) is 29.3 Å². The summed E-state index contributed by atoms with van der Waals surface area (Å²) in [6.07, 6.45) is 2.02. The van der Waals surface area contributed by atoms with Crippen LogP contribution in [0.15, 0.2) is 46.3 Å². The van der Waals surface area contributed by atoms with E-state index in [0.29, 0.717) is 4.21 Å². The van der Waals surface area contributed by atoms with Crippen LogP contribution < -0.4 is 21.1 Å². The van der Waals surface area contributed by atoms with E-state index >= 15 is 0 Å². The lowest BCUT2D eigenvalue weighted by molar-refractivity contribution is -0.112. The zero-order chi connectivity index (χ0) is 19.3. The number of carbonyl (C=O) groups excluding carboxylic acids is 2. The summed E-state index contributed by atoms with van der Waals surface area (Å²) in [5.74, 6) is -1.66. The first-order valence-electron chi connectivity index (χ1n) is 7.20. The molecule has 26 heavy (non-hydrogen) atoms. The third kappa shape index (κ3) is 4.83. The van der Waals surface area contributed by atoms with Gasteiger partial charge in [0, 0.05) is 18.9 Å². The van der Waals surface area contributed by atoms with E-state index in [1.165, 1.54) is 24.1 Å². The summed E-state index contributed by atoms with van der Waals surface area (Å²) in [5, 5.41) is 9.71. The lowest BCUT2D eigenvalue weighted by Gasteiger charge is -2.16. The molecule has 1 aromatic carbocycles. The number of benzene rings is 1. The van der Waals surface area contributed by atoms with Crippen molar-refractivity contribution in [1.29, 1.82) is 5.41 Å². The highest BCUT2D eigenvalue weighted by atomic mass is 32.2. The van der Waals surface area contributed by atoms with Gasteiger partial charge in [-0.05, 0) is 48.4 Å². The number of primary amides is 1. The first-order valence-corrected chi connectivity index (χ1v) is 8.79. The van der Waals surface area contributed by atoms with E-state index in [1.54, 1.807) is 29.6 Å². The maximum atomic E-state index is 13.0. The Morgan fingerprint density at radius 3 is 2.54 bits per heavy atom. The number of nitrogens with two attached hydrogens (primary N) is 2. The van der Waals surface area contributed by atoms with Gasteiger partial charge in [-0.15, -0.1) is 11.3 Å². The third-order valence-electron chi connectivity index (χ3n) is 3.14. The number of hydrogen-bond donors (Lipinski definition) is 4. The molecule has 136 valence electrons. The smallest absolute Gasteiger partial charge is 0.272 e. The molecule has 0 aliphatic carbocycles. The van der Waals surface area contributed by atoms with Crippen molar-refractivity contribution >= 4 is 52.0 Å². The molecule has 0 aliphatic rings. The molecular formula is C16H16FN5O2S2. The van der Waals surface area contributed by atoms with Gasteiger partial charge in [0.15, 0.2) is 0 Å². The Labute approximate surface area is 157 Å². The van der Waals surface area contributed by atoms with Crippen LogP contribution in [-0.2, 0) is 4.79 Å². The number of hydrogen-bond acceptors (Lipinski definition) is 7. The van der Waals surface area contributed by atoms with Crippen LogP contribution in [0, 0.1) is 11.2 Å². The summed E-state index contributed by atoms with van der Waals surface area (Å²) in [6.45, 7) is 0. The van der Waals surface area contributed by atoms with E-state index in [1.807, 2.05) is 0 Å². The average molecular weight is 393 g/mol. The minimum atomic E-state index is -0.692. The molecular weight excluding hydrogens is 377 g/mol. The molecule has 0 fully saturated rings. The Kier molecular flexibility index (Phi) is 6.36. The van der Waals surface area contributed by atoms with E-state index in [9.17, 15) is 14.0 Å². The van der Waals surface area contributed by atoms with Crippen molar-refractivity contribution in [2.45, 2.75) is 4.21 Å². The van der Waals surface area contributed by atoms with Gasteiger partial charge in [0.25, 0.3) is 11.8 Å². The molecule has 2 amide bonds. The van der Waals surface area contributed by atoms with Gasteiger partial charge in [0.2, 0.25) is 0 Å². The second-order valence-electron chi connectivity index (χ2n) is 4.98. The summed E-state index contributed by atoms with van der Waals surface area (Å²) in [4.78, 5) is 23.6. The van der Waals surface area contributed by atoms with E-state index in [4.69, 9.17) is 16.9 Å². The monoisotopic (exact) mass is 393 g/mol. The highest BCUT2D eigenvalue weighted by molar-refractivity contribution is 8.02. The quantitative estimate of drug-likeness (QED) is 0.327. The number of nitrogens with one attached hydrogen (secondary N) is 2. The van der Waals surface area contributed by atoms with Gasteiger partial charge in [0.1, 0.15) is 10.8 Å². The fourth-order valence-corrected chi connectivity index (χ4v) is 4.06. The van der Waals surface area contributed by atoms with Crippen LogP contribution >= 0.6 is 23.3 Å². The van der Waals surface area contributed by atoms with Crippen molar-refractivity contribution in [2.24, 2.45) is 11.5 Å². The number of thiophene rings is 1. The average Bonchev–Trinajstić information content (AvgIpc) is 2.98. The van der Waals surface area contributed by atoms with Gasteiger partial charge in [-0.1, -0.05) is 0 Å². The number of anilines is 2. The fourth-order valence-electron chi connectivity index (χ4n) is 1.87. The molecule has 0 saturated carbocycles. The minimum absolute atomic E-state index is 0.154. The normalized spacial score (nSPS) is 11.1. The Morgan fingerprint density at radius 2 is 1.96 bits per heavy atom. The molecule has 2 rings (SSSR count). The van der Waals surface area contributed by atoms with Crippen molar-refractivity contribution in [3.05, 3.63) is 53.5 Å². The van der Waals surface area contributed by atoms with Crippen LogP contribution in [0.25, 0.3) is 0 Å². The second-order valence-corrected chi connectivity index (χ2v) is 7.46. The molecule has 7 nitrogen and oxygen atoms in total.